The normalized spacial score (nSPS) is 11.0. The summed E-state index contributed by atoms with van der Waals surface area (Å²) < 4.78 is 19.1. The lowest BCUT2D eigenvalue weighted by atomic mass is 10.2. The molecule has 0 atom stereocenters. The minimum atomic E-state index is -0.491. The van der Waals surface area contributed by atoms with Crippen LogP contribution < -0.4 is 25.2 Å². The topological polar surface area (TPSA) is 109 Å². The fraction of sp³-hybridized carbons (Fsp3) is 0.154. The molecule has 1 N–H and O–H groups in total. The zero-order valence-corrected chi connectivity index (χ0v) is 19.9. The second-order valence-electron chi connectivity index (χ2n) is 7.99. The van der Waals surface area contributed by atoms with Gasteiger partial charge in [-0.2, -0.15) is 0 Å². The molecule has 0 spiro atoms. The van der Waals surface area contributed by atoms with Crippen LogP contribution in [0.5, 0.6) is 23.1 Å². The minimum Gasteiger partial charge on any atom is -0.497 e. The molecule has 2 heterocycles. The van der Waals surface area contributed by atoms with Crippen molar-refractivity contribution < 1.29 is 19.0 Å². The highest BCUT2D eigenvalue weighted by molar-refractivity contribution is 5.92. The molecule has 0 saturated heterocycles. The lowest BCUT2D eigenvalue weighted by molar-refractivity contribution is -0.117. The maximum Gasteiger partial charge on any atom is 0.351 e. The van der Waals surface area contributed by atoms with Gasteiger partial charge in [-0.15, -0.1) is 5.10 Å². The molecule has 182 valence electrons. The number of nitrogens with zero attached hydrogens (tertiary/aromatic N) is 4. The Balaban J connectivity index is 1.53. The van der Waals surface area contributed by atoms with E-state index >= 15 is 0 Å². The Hall–Kier alpha value is -4.86. The van der Waals surface area contributed by atoms with Gasteiger partial charge in [0.05, 0.1) is 30.9 Å². The summed E-state index contributed by atoms with van der Waals surface area (Å²) in [6.07, 6.45) is 0. The molecule has 0 radical (unpaired) electrons. The molecular formula is C26H23N5O5. The first-order valence-electron chi connectivity index (χ1n) is 11.1. The molecule has 10 heteroatoms. The molecular weight excluding hydrogens is 462 g/mol. The van der Waals surface area contributed by atoms with Crippen LogP contribution in [0.1, 0.15) is 5.56 Å². The highest BCUT2D eigenvalue weighted by atomic mass is 16.5. The van der Waals surface area contributed by atoms with Crippen molar-refractivity contribution in [3.8, 4) is 23.1 Å². The number of aryl methyl sites for hydroxylation is 1. The molecule has 5 aromatic rings. The zero-order chi connectivity index (χ0) is 25.2. The standard InChI is InChI=1S/C26H23N5O5/c1-16-8-4-7-11-21(16)36-25-24-29-30(26(33)31(24)20-10-6-5-9-18(20)28-25)15-23(32)27-19-13-12-17(34-2)14-22(19)35-3/h4-14H,15H2,1-3H3,(H,27,32). The molecule has 36 heavy (non-hydrogen) atoms. The Morgan fingerprint density at radius 3 is 2.53 bits per heavy atom. The summed E-state index contributed by atoms with van der Waals surface area (Å²) >= 11 is 0. The van der Waals surface area contributed by atoms with Crippen molar-refractivity contribution in [2.24, 2.45) is 0 Å². The van der Waals surface area contributed by atoms with E-state index < -0.39 is 11.6 Å². The minimum absolute atomic E-state index is 0.163. The molecule has 0 fully saturated rings. The number of anilines is 1. The first-order chi connectivity index (χ1) is 17.5. The number of hydrogen-bond donors (Lipinski definition) is 1. The third-order valence-electron chi connectivity index (χ3n) is 5.65. The van der Waals surface area contributed by atoms with Crippen molar-refractivity contribution in [3.05, 3.63) is 82.8 Å². The van der Waals surface area contributed by atoms with E-state index in [0.717, 1.165) is 10.2 Å². The number of hydrogen-bond acceptors (Lipinski definition) is 7. The Morgan fingerprint density at radius 2 is 1.75 bits per heavy atom. The first kappa shape index (κ1) is 22.9. The average Bonchev–Trinajstić information content (AvgIpc) is 3.21. The van der Waals surface area contributed by atoms with Crippen LogP contribution in [-0.4, -0.2) is 39.3 Å². The molecule has 0 bridgehead atoms. The largest absolute Gasteiger partial charge is 0.497 e. The molecule has 3 aromatic carbocycles. The molecule has 0 aliphatic carbocycles. The van der Waals surface area contributed by atoms with Crippen molar-refractivity contribution in [3.63, 3.8) is 0 Å². The first-order valence-corrected chi connectivity index (χ1v) is 11.1. The van der Waals surface area contributed by atoms with Gasteiger partial charge in [-0.05, 0) is 42.8 Å². The summed E-state index contributed by atoms with van der Waals surface area (Å²) in [6.45, 7) is 1.59. The van der Waals surface area contributed by atoms with Crippen LogP contribution in [0.25, 0.3) is 16.7 Å². The fourth-order valence-electron chi connectivity index (χ4n) is 3.84. The van der Waals surface area contributed by atoms with E-state index in [-0.39, 0.29) is 18.1 Å². The van der Waals surface area contributed by atoms with Gasteiger partial charge in [0, 0.05) is 6.07 Å². The molecule has 1 amide bonds. The van der Waals surface area contributed by atoms with Gasteiger partial charge in [-0.25, -0.2) is 18.9 Å². The second-order valence-corrected chi connectivity index (χ2v) is 7.99. The van der Waals surface area contributed by atoms with Gasteiger partial charge in [0.2, 0.25) is 11.6 Å². The Bertz CT molecular complexity index is 1660. The number of amides is 1. The number of nitrogens with one attached hydrogen (secondary N) is 1. The molecule has 0 unspecified atom stereocenters. The van der Waals surface area contributed by atoms with Gasteiger partial charge in [0.1, 0.15) is 23.8 Å². The van der Waals surface area contributed by atoms with Crippen molar-refractivity contribution in [1.82, 2.24) is 19.2 Å². The van der Waals surface area contributed by atoms with Crippen LogP contribution in [0.4, 0.5) is 5.69 Å². The van der Waals surface area contributed by atoms with E-state index in [1.807, 2.05) is 37.3 Å². The van der Waals surface area contributed by atoms with E-state index in [1.54, 1.807) is 43.5 Å². The maximum absolute atomic E-state index is 13.4. The summed E-state index contributed by atoms with van der Waals surface area (Å²) in [4.78, 5) is 30.8. The molecule has 0 aliphatic heterocycles. The van der Waals surface area contributed by atoms with Crippen molar-refractivity contribution >= 4 is 28.3 Å². The predicted molar refractivity (Wildman–Crippen MR) is 134 cm³/mol. The number of ether oxygens (including phenoxy) is 3. The predicted octanol–water partition coefficient (Wildman–Crippen LogP) is 3.80. The summed E-state index contributed by atoms with van der Waals surface area (Å²) in [6, 6.07) is 19.7. The van der Waals surface area contributed by atoms with Gasteiger partial charge in [0.25, 0.3) is 5.88 Å². The number of aromatic nitrogens is 4. The number of fused-ring (bicyclic) bond motifs is 3. The fourth-order valence-corrected chi connectivity index (χ4v) is 3.84. The molecule has 0 saturated carbocycles. The Morgan fingerprint density at radius 1 is 0.972 bits per heavy atom. The average molecular weight is 486 g/mol. The third kappa shape index (κ3) is 4.20. The summed E-state index contributed by atoms with van der Waals surface area (Å²) in [5, 5.41) is 7.16. The van der Waals surface area contributed by atoms with Crippen molar-refractivity contribution in [2.75, 3.05) is 19.5 Å². The van der Waals surface area contributed by atoms with Crippen molar-refractivity contribution in [1.29, 1.82) is 0 Å². The Labute approximate surface area is 205 Å². The van der Waals surface area contributed by atoms with Crippen LogP contribution in [0.3, 0.4) is 0 Å². The smallest absolute Gasteiger partial charge is 0.351 e. The molecule has 2 aromatic heterocycles. The van der Waals surface area contributed by atoms with E-state index in [2.05, 4.69) is 15.4 Å². The van der Waals surface area contributed by atoms with Crippen LogP contribution in [0.15, 0.2) is 71.5 Å². The van der Waals surface area contributed by atoms with Gasteiger partial charge in [-0.3, -0.25) is 4.79 Å². The van der Waals surface area contributed by atoms with Crippen LogP contribution in [-0.2, 0) is 11.3 Å². The van der Waals surface area contributed by atoms with Gasteiger partial charge >= 0.3 is 5.69 Å². The van der Waals surface area contributed by atoms with Crippen LogP contribution in [0.2, 0.25) is 0 Å². The van der Waals surface area contributed by atoms with Gasteiger partial charge < -0.3 is 19.5 Å². The maximum atomic E-state index is 13.4. The second kappa shape index (κ2) is 9.41. The SMILES string of the molecule is COc1ccc(NC(=O)Cn2nc3c(Oc4ccccc4C)nc4ccccc4n3c2=O)c(OC)c1. The molecule has 10 nitrogen and oxygen atoms in total. The highest BCUT2D eigenvalue weighted by Gasteiger charge is 2.20. The zero-order valence-electron chi connectivity index (χ0n) is 19.9. The summed E-state index contributed by atoms with van der Waals surface area (Å²) in [5.74, 6) is 1.31. The quantitative estimate of drug-likeness (QED) is 0.373. The van der Waals surface area contributed by atoms with Gasteiger partial charge in [-0.1, -0.05) is 30.3 Å². The van der Waals surface area contributed by atoms with Gasteiger partial charge in [0.15, 0.2) is 0 Å². The number of methoxy groups -OCH3 is 2. The van der Waals surface area contributed by atoms with Crippen molar-refractivity contribution in [2.45, 2.75) is 13.5 Å². The van der Waals surface area contributed by atoms with E-state index in [1.165, 1.54) is 11.5 Å². The van der Waals surface area contributed by atoms with Crippen LogP contribution >= 0.6 is 0 Å². The number of para-hydroxylation sites is 3. The monoisotopic (exact) mass is 485 g/mol. The number of carbonyl (C=O) groups is 1. The number of carbonyl (C=O) groups excluding carboxylic acids is 1. The third-order valence-corrected chi connectivity index (χ3v) is 5.65. The number of benzene rings is 3. The lowest BCUT2D eigenvalue weighted by Gasteiger charge is -2.11. The van der Waals surface area contributed by atoms with Crippen LogP contribution in [0, 0.1) is 6.92 Å². The summed E-state index contributed by atoms with van der Waals surface area (Å²) in [5.41, 5.74) is 2.17. The highest BCUT2D eigenvalue weighted by Crippen LogP contribution is 2.30. The lowest BCUT2D eigenvalue weighted by Crippen LogP contribution is -2.28. The summed E-state index contributed by atoms with van der Waals surface area (Å²) in [7, 11) is 3.03. The molecule has 5 rings (SSSR count). The Kier molecular flexibility index (Phi) is 5.99. The van der Waals surface area contributed by atoms with E-state index in [0.29, 0.717) is 34.0 Å². The van der Waals surface area contributed by atoms with E-state index in [4.69, 9.17) is 14.2 Å². The number of rotatable bonds is 7. The van der Waals surface area contributed by atoms with E-state index in [9.17, 15) is 9.59 Å². The molecule has 0 aliphatic rings.